The van der Waals surface area contributed by atoms with E-state index in [1.165, 1.54) is 33.5 Å². The van der Waals surface area contributed by atoms with Gasteiger partial charge in [0.1, 0.15) is 5.75 Å². The van der Waals surface area contributed by atoms with Crippen LogP contribution in [0.3, 0.4) is 0 Å². The summed E-state index contributed by atoms with van der Waals surface area (Å²) in [5.41, 5.74) is 1.22. The molecule has 0 spiro atoms. The Labute approximate surface area is 182 Å². The molecule has 166 valence electrons. The van der Waals surface area contributed by atoms with Gasteiger partial charge in [-0.25, -0.2) is 0 Å². The average Bonchev–Trinajstić information content (AvgIpc) is 2.81. The van der Waals surface area contributed by atoms with Crippen molar-refractivity contribution in [3.63, 3.8) is 0 Å². The summed E-state index contributed by atoms with van der Waals surface area (Å²) >= 11 is 0. The highest BCUT2D eigenvalue weighted by Crippen LogP contribution is 2.38. The molecular formula is C23H28N2O6. The number of benzene rings is 2. The van der Waals surface area contributed by atoms with Crippen LogP contribution in [0, 0.1) is 0 Å². The summed E-state index contributed by atoms with van der Waals surface area (Å²) < 4.78 is 21.0. The van der Waals surface area contributed by atoms with Crippen LogP contribution in [0.15, 0.2) is 49.1 Å². The van der Waals surface area contributed by atoms with E-state index in [9.17, 15) is 9.59 Å². The fourth-order valence-electron chi connectivity index (χ4n) is 2.94. The lowest BCUT2D eigenvalue weighted by Crippen LogP contribution is -2.40. The first-order valence-electron chi connectivity index (χ1n) is 9.57. The van der Waals surface area contributed by atoms with Crippen molar-refractivity contribution in [1.82, 2.24) is 10.2 Å². The Balaban J connectivity index is 2.07. The molecule has 0 aromatic heterocycles. The Morgan fingerprint density at radius 3 is 2.06 bits per heavy atom. The molecule has 0 saturated carbocycles. The molecule has 0 bridgehead atoms. The molecule has 1 N–H and O–H groups in total. The Bertz CT molecular complexity index is 886. The Kier molecular flexibility index (Phi) is 8.75. The second-order valence-electron chi connectivity index (χ2n) is 6.51. The molecule has 31 heavy (non-hydrogen) atoms. The van der Waals surface area contributed by atoms with E-state index >= 15 is 0 Å². The van der Waals surface area contributed by atoms with E-state index in [4.69, 9.17) is 18.9 Å². The van der Waals surface area contributed by atoms with E-state index in [1.807, 2.05) is 24.3 Å². The van der Waals surface area contributed by atoms with Gasteiger partial charge in [-0.05, 0) is 29.8 Å². The third-order valence-electron chi connectivity index (χ3n) is 4.56. The molecular weight excluding hydrogens is 400 g/mol. The van der Waals surface area contributed by atoms with Crippen LogP contribution in [-0.2, 0) is 11.3 Å². The Morgan fingerprint density at radius 2 is 1.58 bits per heavy atom. The molecule has 0 heterocycles. The minimum Gasteiger partial charge on any atom is -0.497 e. The monoisotopic (exact) mass is 428 g/mol. The standard InChI is InChI=1S/C23H28N2O6/c1-6-11-25(15-16-7-9-18(28-2)10-8-16)21(26)14-24-23(27)17-12-19(29-3)22(31-5)20(13-17)30-4/h6-10,12-13H,1,11,14-15H2,2-5H3,(H,24,27). The number of amides is 2. The van der Waals surface area contributed by atoms with Crippen LogP contribution in [0.1, 0.15) is 15.9 Å². The first-order valence-corrected chi connectivity index (χ1v) is 9.57. The number of carbonyl (C=O) groups excluding carboxylic acids is 2. The van der Waals surface area contributed by atoms with Crippen molar-refractivity contribution < 1.29 is 28.5 Å². The van der Waals surface area contributed by atoms with E-state index in [2.05, 4.69) is 11.9 Å². The van der Waals surface area contributed by atoms with Gasteiger partial charge in [-0.15, -0.1) is 6.58 Å². The van der Waals surface area contributed by atoms with Crippen LogP contribution in [0.5, 0.6) is 23.0 Å². The highest BCUT2D eigenvalue weighted by molar-refractivity contribution is 5.97. The maximum Gasteiger partial charge on any atom is 0.251 e. The van der Waals surface area contributed by atoms with Crippen LogP contribution in [-0.4, -0.2) is 58.2 Å². The largest absolute Gasteiger partial charge is 0.497 e. The zero-order valence-corrected chi connectivity index (χ0v) is 18.3. The first-order chi connectivity index (χ1) is 15.0. The predicted octanol–water partition coefficient (Wildman–Crippen LogP) is 2.67. The van der Waals surface area contributed by atoms with E-state index in [-0.39, 0.29) is 18.0 Å². The summed E-state index contributed by atoms with van der Waals surface area (Å²) in [6.45, 7) is 4.28. The van der Waals surface area contributed by atoms with Gasteiger partial charge in [0.15, 0.2) is 11.5 Å². The number of methoxy groups -OCH3 is 4. The zero-order chi connectivity index (χ0) is 22.8. The van der Waals surface area contributed by atoms with Crippen molar-refractivity contribution in [1.29, 1.82) is 0 Å². The Morgan fingerprint density at radius 1 is 0.968 bits per heavy atom. The lowest BCUT2D eigenvalue weighted by Gasteiger charge is -2.22. The van der Waals surface area contributed by atoms with E-state index in [0.29, 0.717) is 30.3 Å². The van der Waals surface area contributed by atoms with Gasteiger partial charge in [0.2, 0.25) is 11.7 Å². The van der Waals surface area contributed by atoms with Crippen molar-refractivity contribution in [2.45, 2.75) is 6.54 Å². The molecule has 2 aromatic rings. The number of hydrogen-bond donors (Lipinski definition) is 1. The lowest BCUT2D eigenvalue weighted by atomic mass is 10.1. The maximum absolute atomic E-state index is 12.7. The number of nitrogens with one attached hydrogen (secondary N) is 1. The van der Waals surface area contributed by atoms with Crippen LogP contribution in [0.25, 0.3) is 0 Å². The predicted molar refractivity (Wildman–Crippen MR) is 117 cm³/mol. The molecule has 0 fully saturated rings. The molecule has 0 aliphatic carbocycles. The number of hydrogen-bond acceptors (Lipinski definition) is 6. The fraction of sp³-hybridized carbons (Fsp3) is 0.304. The van der Waals surface area contributed by atoms with Gasteiger partial charge in [-0.1, -0.05) is 18.2 Å². The van der Waals surface area contributed by atoms with Crippen molar-refractivity contribution >= 4 is 11.8 Å². The SMILES string of the molecule is C=CCN(Cc1ccc(OC)cc1)C(=O)CNC(=O)c1cc(OC)c(OC)c(OC)c1. The van der Waals surface area contributed by atoms with Crippen molar-refractivity contribution in [3.8, 4) is 23.0 Å². The quantitative estimate of drug-likeness (QED) is 0.554. The fourth-order valence-corrected chi connectivity index (χ4v) is 2.94. The molecule has 8 nitrogen and oxygen atoms in total. The molecule has 0 aliphatic rings. The second-order valence-corrected chi connectivity index (χ2v) is 6.51. The molecule has 2 rings (SSSR count). The second kappa shape index (κ2) is 11.5. The van der Waals surface area contributed by atoms with Gasteiger partial charge in [0.05, 0.1) is 35.0 Å². The van der Waals surface area contributed by atoms with Crippen LogP contribution < -0.4 is 24.3 Å². The number of rotatable bonds is 11. The van der Waals surface area contributed by atoms with Gasteiger partial charge < -0.3 is 29.2 Å². The molecule has 2 aromatic carbocycles. The number of ether oxygens (including phenoxy) is 4. The molecule has 0 unspecified atom stereocenters. The lowest BCUT2D eigenvalue weighted by molar-refractivity contribution is -0.130. The molecule has 8 heteroatoms. The summed E-state index contributed by atoms with van der Waals surface area (Å²) in [4.78, 5) is 26.9. The van der Waals surface area contributed by atoms with Crippen molar-refractivity contribution in [3.05, 3.63) is 60.2 Å². The number of nitrogens with zero attached hydrogens (tertiary/aromatic N) is 1. The van der Waals surface area contributed by atoms with Gasteiger partial charge in [-0.3, -0.25) is 9.59 Å². The highest BCUT2D eigenvalue weighted by Gasteiger charge is 2.19. The maximum atomic E-state index is 12.7. The summed E-state index contributed by atoms with van der Waals surface area (Å²) in [6.07, 6.45) is 1.64. The number of carbonyl (C=O) groups is 2. The normalized spacial score (nSPS) is 10.1. The topological polar surface area (TPSA) is 86.3 Å². The van der Waals surface area contributed by atoms with Gasteiger partial charge in [-0.2, -0.15) is 0 Å². The third-order valence-corrected chi connectivity index (χ3v) is 4.56. The minimum atomic E-state index is -0.435. The summed E-state index contributed by atoms with van der Waals surface area (Å²) in [5, 5.41) is 2.65. The minimum absolute atomic E-state index is 0.167. The highest BCUT2D eigenvalue weighted by atomic mass is 16.5. The average molecular weight is 428 g/mol. The van der Waals surface area contributed by atoms with Crippen molar-refractivity contribution in [2.24, 2.45) is 0 Å². The molecule has 0 aliphatic heterocycles. The van der Waals surface area contributed by atoms with Crippen LogP contribution >= 0.6 is 0 Å². The van der Waals surface area contributed by atoms with Crippen LogP contribution in [0.2, 0.25) is 0 Å². The van der Waals surface area contributed by atoms with E-state index in [0.717, 1.165) is 11.3 Å². The van der Waals surface area contributed by atoms with Crippen molar-refractivity contribution in [2.75, 3.05) is 41.5 Å². The summed E-state index contributed by atoms with van der Waals surface area (Å²) in [5.74, 6) is 1.15. The molecule has 0 radical (unpaired) electrons. The summed E-state index contributed by atoms with van der Waals surface area (Å²) in [6, 6.07) is 10.5. The van der Waals surface area contributed by atoms with Gasteiger partial charge in [0, 0.05) is 18.7 Å². The first kappa shape index (κ1) is 23.6. The molecule has 0 saturated heterocycles. The Hall–Kier alpha value is -3.68. The zero-order valence-electron chi connectivity index (χ0n) is 18.3. The van der Waals surface area contributed by atoms with E-state index in [1.54, 1.807) is 18.1 Å². The van der Waals surface area contributed by atoms with E-state index < -0.39 is 5.91 Å². The molecule has 0 atom stereocenters. The van der Waals surface area contributed by atoms with Crippen LogP contribution in [0.4, 0.5) is 0 Å². The third kappa shape index (κ3) is 6.15. The summed E-state index contributed by atoms with van der Waals surface area (Å²) in [7, 11) is 6.01. The smallest absolute Gasteiger partial charge is 0.251 e. The van der Waals surface area contributed by atoms with Gasteiger partial charge in [0.25, 0.3) is 5.91 Å². The van der Waals surface area contributed by atoms with Gasteiger partial charge >= 0.3 is 0 Å². The molecule has 2 amide bonds.